The van der Waals surface area contributed by atoms with E-state index in [0.29, 0.717) is 22.2 Å². The number of aromatic nitrogens is 2. The standard InChI is InChI=1S/C14H16Cl2FN3/c1-8-10(14(16)20(3)19-8)7-13(18-2)11-6-9(15)4-5-12(11)17/h4-6,13,18H,7H2,1-3H3. The molecule has 1 heterocycles. The Balaban J connectivity index is 2.36. The van der Waals surface area contributed by atoms with Gasteiger partial charge in [0.05, 0.1) is 5.69 Å². The van der Waals surface area contributed by atoms with E-state index in [1.165, 1.54) is 12.1 Å². The molecular formula is C14H16Cl2FN3. The normalized spacial score (nSPS) is 12.7. The van der Waals surface area contributed by atoms with Crippen LogP contribution in [0, 0.1) is 12.7 Å². The van der Waals surface area contributed by atoms with Crippen LogP contribution in [0.3, 0.4) is 0 Å². The van der Waals surface area contributed by atoms with Crippen molar-refractivity contribution in [2.75, 3.05) is 7.05 Å². The van der Waals surface area contributed by atoms with Crippen LogP contribution < -0.4 is 5.32 Å². The molecule has 0 aliphatic carbocycles. The first kappa shape index (κ1) is 15.3. The van der Waals surface area contributed by atoms with Gasteiger partial charge in [0.2, 0.25) is 0 Å². The molecule has 0 aliphatic heterocycles. The van der Waals surface area contributed by atoms with E-state index < -0.39 is 0 Å². The molecule has 1 N–H and O–H groups in total. The fourth-order valence-electron chi connectivity index (χ4n) is 2.26. The maximum absolute atomic E-state index is 14.0. The van der Waals surface area contributed by atoms with Crippen molar-refractivity contribution in [3.8, 4) is 0 Å². The van der Waals surface area contributed by atoms with Gasteiger partial charge in [0.15, 0.2) is 0 Å². The molecule has 20 heavy (non-hydrogen) atoms. The molecule has 1 atom stereocenters. The zero-order valence-electron chi connectivity index (χ0n) is 11.5. The van der Waals surface area contributed by atoms with Crippen LogP contribution in [-0.4, -0.2) is 16.8 Å². The molecule has 1 aromatic carbocycles. The van der Waals surface area contributed by atoms with Crippen LogP contribution in [0.2, 0.25) is 10.2 Å². The summed E-state index contributed by atoms with van der Waals surface area (Å²) in [4.78, 5) is 0. The Kier molecular flexibility index (Phi) is 4.68. The molecule has 0 saturated carbocycles. The van der Waals surface area contributed by atoms with Gasteiger partial charge < -0.3 is 5.32 Å². The van der Waals surface area contributed by atoms with Crippen molar-refractivity contribution in [1.82, 2.24) is 15.1 Å². The van der Waals surface area contributed by atoms with E-state index in [0.717, 1.165) is 11.3 Å². The second kappa shape index (κ2) is 6.12. The third kappa shape index (κ3) is 2.97. The first-order valence-electron chi connectivity index (χ1n) is 6.24. The Morgan fingerprint density at radius 2 is 2.10 bits per heavy atom. The molecule has 1 aromatic heterocycles. The number of halogens is 3. The minimum Gasteiger partial charge on any atom is -0.313 e. The Hall–Kier alpha value is -1.10. The van der Waals surface area contributed by atoms with Crippen molar-refractivity contribution in [3.05, 3.63) is 51.0 Å². The predicted molar refractivity (Wildman–Crippen MR) is 79.9 cm³/mol. The molecule has 0 amide bonds. The van der Waals surface area contributed by atoms with E-state index in [2.05, 4.69) is 10.4 Å². The van der Waals surface area contributed by atoms with Crippen LogP contribution >= 0.6 is 23.2 Å². The summed E-state index contributed by atoms with van der Waals surface area (Å²) < 4.78 is 15.6. The molecule has 3 nitrogen and oxygen atoms in total. The summed E-state index contributed by atoms with van der Waals surface area (Å²) in [6, 6.07) is 4.33. The second-order valence-electron chi connectivity index (χ2n) is 4.69. The summed E-state index contributed by atoms with van der Waals surface area (Å²) in [5.74, 6) is -0.286. The van der Waals surface area contributed by atoms with Crippen LogP contribution in [-0.2, 0) is 13.5 Å². The zero-order chi connectivity index (χ0) is 14.9. The largest absolute Gasteiger partial charge is 0.313 e. The predicted octanol–water partition coefficient (Wildman–Crippen LogP) is 3.68. The van der Waals surface area contributed by atoms with Gasteiger partial charge in [-0.3, -0.25) is 4.68 Å². The van der Waals surface area contributed by atoms with Crippen molar-refractivity contribution in [1.29, 1.82) is 0 Å². The molecule has 6 heteroatoms. The molecule has 0 aliphatic rings. The number of nitrogens with one attached hydrogen (secondary N) is 1. The van der Waals surface area contributed by atoms with Crippen molar-refractivity contribution < 1.29 is 4.39 Å². The lowest BCUT2D eigenvalue weighted by molar-refractivity contribution is 0.533. The highest BCUT2D eigenvalue weighted by Crippen LogP contribution is 2.28. The SMILES string of the molecule is CNC(Cc1c(C)nn(C)c1Cl)c1cc(Cl)ccc1F. The van der Waals surface area contributed by atoms with E-state index in [1.807, 2.05) is 6.92 Å². The molecular weight excluding hydrogens is 300 g/mol. The van der Waals surface area contributed by atoms with Gasteiger partial charge in [-0.25, -0.2) is 4.39 Å². The molecule has 0 radical (unpaired) electrons. The van der Waals surface area contributed by atoms with E-state index in [-0.39, 0.29) is 11.9 Å². The third-order valence-electron chi connectivity index (χ3n) is 3.36. The molecule has 0 fully saturated rings. The molecule has 2 rings (SSSR count). The Labute approximate surface area is 127 Å². The first-order valence-corrected chi connectivity index (χ1v) is 6.99. The molecule has 0 spiro atoms. The molecule has 0 bridgehead atoms. The summed E-state index contributed by atoms with van der Waals surface area (Å²) in [6.07, 6.45) is 0.548. The lowest BCUT2D eigenvalue weighted by atomic mass is 9.99. The van der Waals surface area contributed by atoms with E-state index >= 15 is 0 Å². The van der Waals surface area contributed by atoms with Gasteiger partial charge in [-0.2, -0.15) is 5.10 Å². The Morgan fingerprint density at radius 3 is 2.65 bits per heavy atom. The Bertz CT molecular complexity index is 625. The fourth-order valence-corrected chi connectivity index (χ4v) is 2.69. The van der Waals surface area contributed by atoms with Gasteiger partial charge in [0.25, 0.3) is 0 Å². The highest BCUT2D eigenvalue weighted by molar-refractivity contribution is 6.30. The molecule has 1 unspecified atom stereocenters. The van der Waals surface area contributed by atoms with Crippen molar-refractivity contribution in [2.24, 2.45) is 7.05 Å². The number of aryl methyl sites for hydroxylation is 2. The Morgan fingerprint density at radius 1 is 1.40 bits per heavy atom. The highest BCUT2D eigenvalue weighted by Gasteiger charge is 2.20. The lowest BCUT2D eigenvalue weighted by Gasteiger charge is -2.17. The summed E-state index contributed by atoms with van der Waals surface area (Å²) >= 11 is 12.2. The molecule has 2 aromatic rings. The summed E-state index contributed by atoms with van der Waals surface area (Å²) in [5.41, 5.74) is 2.28. The molecule has 0 saturated heterocycles. The summed E-state index contributed by atoms with van der Waals surface area (Å²) in [6.45, 7) is 1.89. The fraction of sp³-hybridized carbons (Fsp3) is 0.357. The number of hydrogen-bond donors (Lipinski definition) is 1. The number of nitrogens with zero attached hydrogens (tertiary/aromatic N) is 2. The maximum Gasteiger partial charge on any atom is 0.130 e. The maximum atomic E-state index is 14.0. The number of benzene rings is 1. The molecule has 108 valence electrons. The van der Waals surface area contributed by atoms with Gasteiger partial charge in [-0.1, -0.05) is 23.2 Å². The zero-order valence-corrected chi connectivity index (χ0v) is 13.1. The van der Waals surface area contributed by atoms with Crippen LogP contribution in [0.5, 0.6) is 0 Å². The van der Waals surface area contributed by atoms with Gasteiger partial charge in [-0.05, 0) is 38.6 Å². The number of likely N-dealkylation sites (N-methyl/N-ethyl adjacent to an activating group) is 1. The van der Waals surface area contributed by atoms with Gasteiger partial charge in [0.1, 0.15) is 11.0 Å². The second-order valence-corrected chi connectivity index (χ2v) is 5.48. The summed E-state index contributed by atoms with van der Waals surface area (Å²) in [5, 5.41) is 8.46. The van der Waals surface area contributed by atoms with E-state index in [9.17, 15) is 4.39 Å². The average Bonchev–Trinajstić information content (AvgIpc) is 2.65. The lowest BCUT2D eigenvalue weighted by Crippen LogP contribution is -2.20. The number of rotatable bonds is 4. The van der Waals surface area contributed by atoms with E-state index in [1.54, 1.807) is 24.8 Å². The van der Waals surface area contributed by atoms with Crippen molar-refractivity contribution >= 4 is 23.2 Å². The minimum atomic E-state index is -0.286. The summed E-state index contributed by atoms with van der Waals surface area (Å²) in [7, 11) is 3.57. The highest BCUT2D eigenvalue weighted by atomic mass is 35.5. The topological polar surface area (TPSA) is 29.9 Å². The average molecular weight is 316 g/mol. The van der Waals surface area contributed by atoms with E-state index in [4.69, 9.17) is 23.2 Å². The third-order valence-corrected chi connectivity index (χ3v) is 4.07. The van der Waals surface area contributed by atoms with Crippen LogP contribution in [0.25, 0.3) is 0 Å². The van der Waals surface area contributed by atoms with Crippen LogP contribution in [0.15, 0.2) is 18.2 Å². The quantitative estimate of drug-likeness (QED) is 0.932. The van der Waals surface area contributed by atoms with Crippen molar-refractivity contribution in [2.45, 2.75) is 19.4 Å². The van der Waals surface area contributed by atoms with Gasteiger partial charge in [0, 0.05) is 29.2 Å². The van der Waals surface area contributed by atoms with Crippen molar-refractivity contribution in [3.63, 3.8) is 0 Å². The first-order chi connectivity index (χ1) is 9.43. The number of hydrogen-bond acceptors (Lipinski definition) is 2. The van der Waals surface area contributed by atoms with Gasteiger partial charge in [-0.15, -0.1) is 0 Å². The van der Waals surface area contributed by atoms with Crippen LogP contribution in [0.1, 0.15) is 22.9 Å². The monoisotopic (exact) mass is 315 g/mol. The smallest absolute Gasteiger partial charge is 0.130 e. The minimum absolute atomic E-state index is 0.214. The van der Waals surface area contributed by atoms with Gasteiger partial charge >= 0.3 is 0 Å². The van der Waals surface area contributed by atoms with Crippen LogP contribution in [0.4, 0.5) is 4.39 Å².